The summed E-state index contributed by atoms with van der Waals surface area (Å²) in [5, 5.41) is 3.13. The summed E-state index contributed by atoms with van der Waals surface area (Å²) < 4.78 is 6.13. The normalized spacial score (nSPS) is 16.4. The Bertz CT molecular complexity index is 277. The zero-order valence-electron chi connectivity index (χ0n) is 13.0. The highest BCUT2D eigenvalue weighted by Gasteiger charge is 2.37. The highest BCUT2D eigenvalue weighted by Crippen LogP contribution is 2.36. The first-order chi connectivity index (χ1) is 8.01. The van der Waals surface area contributed by atoms with Gasteiger partial charge >= 0.3 is 0 Å². The van der Waals surface area contributed by atoms with Crippen molar-refractivity contribution >= 4 is 23.5 Å². The van der Waals surface area contributed by atoms with E-state index in [-0.39, 0.29) is 22.8 Å². The van der Waals surface area contributed by atoms with E-state index in [0.29, 0.717) is 13.0 Å². The van der Waals surface area contributed by atoms with Gasteiger partial charge in [-0.15, -0.1) is 0 Å². The topological polar surface area (TPSA) is 38.3 Å². The summed E-state index contributed by atoms with van der Waals surface area (Å²) in [4.78, 5) is 11.8. The van der Waals surface area contributed by atoms with Crippen molar-refractivity contribution in [3.8, 4) is 0 Å². The van der Waals surface area contributed by atoms with Crippen LogP contribution in [0.1, 0.15) is 41.0 Å². The molecule has 0 amide bonds. The van der Waals surface area contributed by atoms with Crippen LogP contribution in [0, 0.1) is 5.92 Å². The minimum absolute atomic E-state index is 0.0923. The van der Waals surface area contributed by atoms with Gasteiger partial charge in [0, 0.05) is 13.0 Å². The predicted octanol–water partition coefficient (Wildman–Crippen LogP) is 3.37. The average Bonchev–Trinajstić information content (AvgIpc) is 2.23. The van der Waals surface area contributed by atoms with Crippen LogP contribution >= 0.6 is 9.39 Å². The number of Topliss-reactive ketones (excluding diaryl/α,β-unsaturated/α-hetero) is 1. The first kappa shape index (κ1) is 18.2. The molecule has 0 aromatic rings. The second-order valence-electron chi connectivity index (χ2n) is 6.74. The largest absolute Gasteiger partial charge is 0.417 e. The number of carbonyl (C=O) groups is 1. The Morgan fingerprint density at radius 1 is 1.33 bits per heavy atom. The zero-order chi connectivity index (χ0) is 14.6. The molecule has 5 heteroatoms. The zero-order valence-corrected chi connectivity index (χ0v) is 15.1. The van der Waals surface area contributed by atoms with Crippen LogP contribution in [0.25, 0.3) is 0 Å². The molecule has 0 fully saturated rings. The minimum Gasteiger partial charge on any atom is -0.417 e. The molecule has 0 rings (SSSR count). The van der Waals surface area contributed by atoms with Gasteiger partial charge in [-0.3, -0.25) is 9.88 Å². The van der Waals surface area contributed by atoms with Crippen molar-refractivity contribution < 1.29 is 9.22 Å². The summed E-state index contributed by atoms with van der Waals surface area (Å²) in [7, 11) is 0.706. The number of hydrogen-bond donors (Lipinski definition) is 1. The van der Waals surface area contributed by atoms with Crippen LogP contribution in [0.2, 0.25) is 18.1 Å². The van der Waals surface area contributed by atoms with Crippen LogP contribution in [0.5, 0.6) is 0 Å². The minimum atomic E-state index is -1.69. The highest BCUT2D eigenvalue weighted by molar-refractivity contribution is 7.13. The SMILES string of the molecule is C[C@@H](CO[Si](C)(C)C(C)(C)C)CC(=O)[C@H](C)NP. The molecule has 18 heavy (non-hydrogen) atoms. The molecule has 1 unspecified atom stereocenters. The maximum atomic E-state index is 11.8. The molecular formula is C13H30NO2PSi. The lowest BCUT2D eigenvalue weighted by atomic mass is 10.0. The first-order valence-corrected chi connectivity index (χ1v) is 10.1. The Morgan fingerprint density at radius 2 is 1.83 bits per heavy atom. The van der Waals surface area contributed by atoms with E-state index in [2.05, 4.69) is 55.3 Å². The van der Waals surface area contributed by atoms with Crippen LogP contribution in [0.4, 0.5) is 0 Å². The number of rotatable bonds is 7. The van der Waals surface area contributed by atoms with E-state index in [1.807, 2.05) is 6.92 Å². The fourth-order valence-corrected chi connectivity index (χ4v) is 2.56. The predicted molar refractivity (Wildman–Crippen MR) is 84.2 cm³/mol. The van der Waals surface area contributed by atoms with Gasteiger partial charge in [-0.05, 0) is 31.0 Å². The van der Waals surface area contributed by atoms with Gasteiger partial charge in [0.1, 0.15) is 5.78 Å². The summed E-state index contributed by atoms with van der Waals surface area (Å²) >= 11 is 0. The Balaban J connectivity index is 4.20. The van der Waals surface area contributed by atoms with E-state index < -0.39 is 8.32 Å². The Kier molecular flexibility index (Phi) is 7.23. The molecule has 0 heterocycles. The van der Waals surface area contributed by atoms with E-state index in [9.17, 15) is 4.79 Å². The summed E-state index contributed by atoms with van der Waals surface area (Å²) in [6.45, 7) is 15.8. The van der Waals surface area contributed by atoms with Crippen LogP contribution in [0.15, 0.2) is 0 Å². The maximum absolute atomic E-state index is 11.8. The van der Waals surface area contributed by atoms with Crippen LogP contribution in [0.3, 0.4) is 0 Å². The number of nitrogens with one attached hydrogen (secondary N) is 1. The second kappa shape index (κ2) is 7.13. The molecule has 0 saturated carbocycles. The standard InChI is InChI=1S/C13H30NO2PSi/c1-10(8-12(15)11(2)14-17)9-16-18(6,7)13(3,4)5/h10-11,14H,8-9,17H2,1-7H3/t10-,11+/m1/s1. The van der Waals surface area contributed by atoms with Crippen LogP contribution in [-0.4, -0.2) is 26.7 Å². The van der Waals surface area contributed by atoms with Crippen molar-refractivity contribution in [3.05, 3.63) is 0 Å². The first-order valence-electron chi connectivity index (χ1n) is 6.64. The number of hydrogen-bond acceptors (Lipinski definition) is 3. The Labute approximate surface area is 116 Å². The molecular weight excluding hydrogens is 261 g/mol. The van der Waals surface area contributed by atoms with Gasteiger partial charge < -0.3 is 4.43 Å². The molecule has 0 aliphatic carbocycles. The molecule has 3 atom stereocenters. The molecule has 0 aliphatic heterocycles. The Hall–Kier alpha value is 0.237. The summed E-state index contributed by atoms with van der Waals surface area (Å²) in [6, 6.07) is -0.0923. The quantitative estimate of drug-likeness (QED) is 0.577. The molecule has 0 aromatic carbocycles. The molecule has 0 radical (unpaired) electrons. The summed E-state index contributed by atoms with van der Waals surface area (Å²) in [5.74, 6) is 0.531. The van der Waals surface area contributed by atoms with Gasteiger partial charge in [0.25, 0.3) is 0 Å². The van der Waals surface area contributed by atoms with Crippen molar-refractivity contribution in [2.24, 2.45) is 5.92 Å². The third kappa shape index (κ3) is 5.92. The highest BCUT2D eigenvalue weighted by atomic mass is 31.0. The van der Waals surface area contributed by atoms with E-state index in [0.717, 1.165) is 0 Å². The van der Waals surface area contributed by atoms with E-state index >= 15 is 0 Å². The van der Waals surface area contributed by atoms with E-state index in [1.165, 1.54) is 0 Å². The third-order valence-corrected chi connectivity index (χ3v) is 8.82. The smallest absolute Gasteiger partial charge is 0.191 e. The van der Waals surface area contributed by atoms with Crippen molar-refractivity contribution in [2.45, 2.75) is 65.2 Å². The molecule has 3 nitrogen and oxygen atoms in total. The molecule has 0 spiro atoms. The molecule has 1 N–H and O–H groups in total. The third-order valence-electron chi connectivity index (χ3n) is 3.82. The molecule has 0 aliphatic rings. The fraction of sp³-hybridized carbons (Fsp3) is 0.923. The maximum Gasteiger partial charge on any atom is 0.191 e. The fourth-order valence-electron chi connectivity index (χ4n) is 1.24. The van der Waals surface area contributed by atoms with E-state index in [1.54, 1.807) is 0 Å². The average molecular weight is 291 g/mol. The van der Waals surface area contributed by atoms with Crippen LogP contribution < -0.4 is 5.09 Å². The molecule has 0 saturated heterocycles. The monoisotopic (exact) mass is 291 g/mol. The lowest BCUT2D eigenvalue weighted by Gasteiger charge is -2.37. The lowest BCUT2D eigenvalue weighted by Crippen LogP contribution is -2.42. The van der Waals surface area contributed by atoms with Gasteiger partial charge in [-0.2, -0.15) is 0 Å². The second-order valence-corrected chi connectivity index (χ2v) is 11.9. The molecule has 0 bridgehead atoms. The summed E-state index contributed by atoms with van der Waals surface area (Å²) in [5.41, 5.74) is 0. The van der Waals surface area contributed by atoms with Crippen LogP contribution in [-0.2, 0) is 9.22 Å². The van der Waals surface area contributed by atoms with Gasteiger partial charge in [-0.1, -0.05) is 37.1 Å². The summed E-state index contributed by atoms with van der Waals surface area (Å²) in [6.07, 6.45) is 0.581. The van der Waals surface area contributed by atoms with Crippen molar-refractivity contribution in [1.29, 1.82) is 0 Å². The van der Waals surface area contributed by atoms with Gasteiger partial charge in [0.2, 0.25) is 0 Å². The Morgan fingerprint density at radius 3 is 2.22 bits per heavy atom. The molecule has 0 aromatic heterocycles. The number of ketones is 1. The van der Waals surface area contributed by atoms with Gasteiger partial charge in [-0.25, -0.2) is 0 Å². The van der Waals surface area contributed by atoms with Crippen molar-refractivity contribution in [1.82, 2.24) is 5.09 Å². The van der Waals surface area contributed by atoms with Gasteiger partial charge in [0.15, 0.2) is 8.32 Å². The number of carbonyl (C=O) groups excluding carboxylic acids is 1. The van der Waals surface area contributed by atoms with E-state index in [4.69, 9.17) is 4.43 Å². The van der Waals surface area contributed by atoms with Crippen molar-refractivity contribution in [2.75, 3.05) is 6.61 Å². The van der Waals surface area contributed by atoms with Gasteiger partial charge in [0.05, 0.1) is 6.04 Å². The molecule has 108 valence electrons. The van der Waals surface area contributed by atoms with Crippen molar-refractivity contribution in [3.63, 3.8) is 0 Å². The lowest BCUT2D eigenvalue weighted by molar-refractivity contribution is -0.121.